The van der Waals surface area contributed by atoms with Crippen LogP contribution >= 0.6 is 0 Å². The van der Waals surface area contributed by atoms with Gasteiger partial charge in [0.1, 0.15) is 0 Å². The van der Waals surface area contributed by atoms with Crippen molar-refractivity contribution in [1.82, 2.24) is 9.47 Å². The highest BCUT2D eigenvalue weighted by Crippen LogP contribution is 2.35. The third-order valence-corrected chi connectivity index (χ3v) is 4.89. The minimum atomic E-state index is 0.222. The summed E-state index contributed by atoms with van der Waals surface area (Å²) in [5.74, 6) is 0.980. The second-order valence-corrected chi connectivity index (χ2v) is 6.31. The van der Waals surface area contributed by atoms with E-state index in [1.54, 1.807) is 7.11 Å². The van der Waals surface area contributed by atoms with Crippen LogP contribution in [0.3, 0.4) is 0 Å². The first-order chi connectivity index (χ1) is 9.95. The van der Waals surface area contributed by atoms with Crippen molar-refractivity contribution < 1.29 is 9.53 Å². The van der Waals surface area contributed by atoms with Gasteiger partial charge in [-0.25, -0.2) is 0 Å². The lowest BCUT2D eigenvalue weighted by Crippen LogP contribution is -2.40. The van der Waals surface area contributed by atoms with Crippen molar-refractivity contribution >= 4 is 5.78 Å². The lowest BCUT2D eigenvalue weighted by Gasteiger charge is -2.28. The summed E-state index contributed by atoms with van der Waals surface area (Å²) in [5, 5.41) is 0. The minimum absolute atomic E-state index is 0.222. The lowest BCUT2D eigenvalue weighted by atomic mass is 10.1. The average Bonchev–Trinajstić information content (AvgIpc) is 3.27. The maximum Gasteiger partial charge on any atom is 0.178 e. The number of hydrogen-bond acceptors (Lipinski definition) is 3. The number of Topliss-reactive ketones (excluding diaryl/α,β-unsaturated/α-hetero) is 1. The fourth-order valence-corrected chi connectivity index (χ4v) is 2.92. The number of ether oxygens (including phenoxy) is 1. The molecule has 0 bridgehead atoms. The van der Waals surface area contributed by atoms with E-state index in [0.29, 0.717) is 19.2 Å². The van der Waals surface area contributed by atoms with Crippen molar-refractivity contribution in [2.45, 2.75) is 39.7 Å². The first-order valence-electron chi connectivity index (χ1n) is 7.84. The number of carbonyl (C=O) groups excluding carboxylic acids is 1. The second kappa shape index (κ2) is 6.75. The molecule has 0 saturated heterocycles. The zero-order chi connectivity index (χ0) is 15.6. The van der Waals surface area contributed by atoms with Gasteiger partial charge in [0.15, 0.2) is 5.78 Å². The van der Waals surface area contributed by atoms with E-state index in [-0.39, 0.29) is 5.78 Å². The number of aryl methyl sites for hydroxylation is 1. The summed E-state index contributed by atoms with van der Waals surface area (Å²) < 4.78 is 7.28. The van der Waals surface area contributed by atoms with E-state index < -0.39 is 0 Å². The molecule has 0 radical (unpaired) electrons. The first-order valence-corrected chi connectivity index (χ1v) is 7.84. The highest BCUT2D eigenvalue weighted by molar-refractivity contribution is 5.99. The third kappa shape index (κ3) is 3.74. The predicted molar refractivity (Wildman–Crippen MR) is 84.9 cm³/mol. The molecule has 0 spiro atoms. The Morgan fingerprint density at radius 3 is 2.62 bits per heavy atom. The molecule has 21 heavy (non-hydrogen) atoms. The van der Waals surface area contributed by atoms with Crippen molar-refractivity contribution in [1.29, 1.82) is 0 Å². The van der Waals surface area contributed by atoms with Crippen molar-refractivity contribution in [3.05, 3.63) is 23.0 Å². The van der Waals surface area contributed by atoms with E-state index in [2.05, 4.69) is 16.4 Å². The van der Waals surface area contributed by atoms with Gasteiger partial charge in [0.05, 0.1) is 13.2 Å². The minimum Gasteiger partial charge on any atom is -0.383 e. The van der Waals surface area contributed by atoms with Gasteiger partial charge in [-0.05, 0) is 45.6 Å². The highest BCUT2D eigenvalue weighted by Gasteiger charge is 2.33. The van der Waals surface area contributed by atoms with Gasteiger partial charge in [0.25, 0.3) is 0 Å². The highest BCUT2D eigenvalue weighted by atomic mass is 16.5. The van der Waals surface area contributed by atoms with E-state index in [1.165, 1.54) is 12.8 Å². The molecule has 4 nitrogen and oxygen atoms in total. The van der Waals surface area contributed by atoms with Crippen molar-refractivity contribution in [3.8, 4) is 0 Å². The molecular weight excluding hydrogens is 264 g/mol. The standard InChI is InChI=1S/C17H28N2O2/c1-12-10-16(14(3)18(12)4)17(20)11-19(8-9-21-5)13(2)15-6-7-15/h10,13,15H,6-9,11H2,1-5H3. The Labute approximate surface area is 128 Å². The summed E-state index contributed by atoms with van der Waals surface area (Å²) in [4.78, 5) is 14.9. The molecule has 2 rings (SSSR count). The predicted octanol–water partition coefficient (Wildman–Crippen LogP) is 2.57. The number of methoxy groups -OCH3 is 1. The molecule has 0 aliphatic heterocycles. The van der Waals surface area contributed by atoms with E-state index in [4.69, 9.17) is 4.74 Å². The monoisotopic (exact) mass is 292 g/mol. The zero-order valence-corrected chi connectivity index (χ0v) is 14.0. The van der Waals surface area contributed by atoms with Gasteiger partial charge < -0.3 is 9.30 Å². The van der Waals surface area contributed by atoms with Gasteiger partial charge in [-0.1, -0.05) is 0 Å². The Morgan fingerprint density at radius 1 is 1.48 bits per heavy atom. The Hall–Kier alpha value is -1.13. The van der Waals surface area contributed by atoms with Crippen LogP contribution in [0, 0.1) is 19.8 Å². The van der Waals surface area contributed by atoms with E-state index in [9.17, 15) is 4.79 Å². The number of ketones is 1. The molecule has 4 heteroatoms. The van der Waals surface area contributed by atoms with Crippen molar-refractivity contribution in [2.24, 2.45) is 13.0 Å². The number of rotatable bonds is 8. The Morgan fingerprint density at radius 2 is 2.14 bits per heavy atom. The molecule has 0 N–H and O–H groups in total. The molecule has 0 aromatic carbocycles. The number of carbonyl (C=O) groups is 1. The van der Waals surface area contributed by atoms with E-state index in [0.717, 1.165) is 29.4 Å². The van der Waals surface area contributed by atoms with Crippen molar-refractivity contribution in [3.63, 3.8) is 0 Å². The molecule has 1 aliphatic carbocycles. The quantitative estimate of drug-likeness (QED) is 0.691. The van der Waals surface area contributed by atoms with Crippen LogP contribution in [0.1, 0.15) is 41.5 Å². The Kier molecular flexibility index (Phi) is 5.22. The van der Waals surface area contributed by atoms with E-state index in [1.807, 2.05) is 27.0 Å². The van der Waals surface area contributed by atoms with Gasteiger partial charge in [0, 0.05) is 43.7 Å². The maximum atomic E-state index is 12.7. The molecule has 1 unspecified atom stereocenters. The van der Waals surface area contributed by atoms with Crippen molar-refractivity contribution in [2.75, 3.05) is 26.8 Å². The summed E-state index contributed by atoms with van der Waals surface area (Å²) in [6.45, 7) is 8.29. The fraction of sp³-hybridized carbons (Fsp3) is 0.706. The molecule has 1 aromatic rings. The smallest absolute Gasteiger partial charge is 0.178 e. The SMILES string of the molecule is COCCN(CC(=O)c1cc(C)n(C)c1C)C(C)C1CC1. The van der Waals surface area contributed by atoms with E-state index >= 15 is 0 Å². The van der Waals surface area contributed by atoms with Crippen LogP contribution in [0.5, 0.6) is 0 Å². The summed E-state index contributed by atoms with van der Waals surface area (Å²) in [7, 11) is 3.73. The average molecular weight is 292 g/mol. The van der Waals surface area contributed by atoms with Gasteiger partial charge in [-0.2, -0.15) is 0 Å². The van der Waals surface area contributed by atoms with Crippen LogP contribution in [0.4, 0.5) is 0 Å². The van der Waals surface area contributed by atoms with Gasteiger partial charge in [-0.15, -0.1) is 0 Å². The summed E-state index contributed by atoms with van der Waals surface area (Å²) in [5.41, 5.74) is 3.05. The van der Waals surface area contributed by atoms with Crippen LogP contribution in [0.25, 0.3) is 0 Å². The van der Waals surface area contributed by atoms with Gasteiger partial charge in [-0.3, -0.25) is 9.69 Å². The lowest BCUT2D eigenvalue weighted by molar-refractivity contribution is 0.0816. The summed E-state index contributed by atoms with van der Waals surface area (Å²) in [6, 6.07) is 2.47. The number of hydrogen-bond donors (Lipinski definition) is 0. The molecule has 1 atom stereocenters. The van der Waals surface area contributed by atoms with Crippen LogP contribution in [-0.4, -0.2) is 48.1 Å². The number of aromatic nitrogens is 1. The molecule has 1 fully saturated rings. The molecule has 1 saturated carbocycles. The second-order valence-electron chi connectivity index (χ2n) is 6.31. The molecule has 1 aliphatic rings. The normalized spacial score (nSPS) is 16.5. The zero-order valence-electron chi connectivity index (χ0n) is 14.0. The third-order valence-electron chi connectivity index (χ3n) is 4.89. The molecule has 1 heterocycles. The van der Waals surface area contributed by atoms with Gasteiger partial charge >= 0.3 is 0 Å². The summed E-state index contributed by atoms with van der Waals surface area (Å²) >= 11 is 0. The van der Waals surface area contributed by atoms with Gasteiger partial charge in [0.2, 0.25) is 0 Å². The fourth-order valence-electron chi connectivity index (χ4n) is 2.92. The Bertz CT molecular complexity index is 503. The number of nitrogens with zero attached hydrogens (tertiary/aromatic N) is 2. The van der Waals surface area contributed by atoms with Crippen LogP contribution < -0.4 is 0 Å². The Balaban J connectivity index is 2.07. The summed E-state index contributed by atoms with van der Waals surface area (Å²) in [6.07, 6.45) is 2.59. The van der Waals surface area contributed by atoms with Crippen LogP contribution in [-0.2, 0) is 11.8 Å². The molecular formula is C17H28N2O2. The van der Waals surface area contributed by atoms with Crippen LogP contribution in [0.2, 0.25) is 0 Å². The molecule has 1 aromatic heterocycles. The maximum absolute atomic E-state index is 12.7. The molecule has 118 valence electrons. The van der Waals surface area contributed by atoms with Crippen LogP contribution in [0.15, 0.2) is 6.07 Å². The largest absolute Gasteiger partial charge is 0.383 e. The topological polar surface area (TPSA) is 34.5 Å². The molecule has 0 amide bonds. The first kappa shape index (κ1) is 16.2.